The van der Waals surface area contributed by atoms with Gasteiger partial charge in [-0.25, -0.2) is 0 Å². The number of benzene rings is 1. The van der Waals surface area contributed by atoms with E-state index in [4.69, 9.17) is 28.3 Å². The highest BCUT2D eigenvalue weighted by atomic mass is 35.5. The quantitative estimate of drug-likeness (QED) is 0.807. The molecule has 1 aliphatic heterocycles. The molecule has 0 aromatic heterocycles. The van der Waals surface area contributed by atoms with Gasteiger partial charge in [0, 0.05) is 23.2 Å². The maximum atomic E-state index is 12.7. The minimum Gasteiger partial charge on any atom is -0.396 e. The van der Waals surface area contributed by atoms with Gasteiger partial charge in [0.05, 0.1) is 11.1 Å². The number of ketones is 1. The van der Waals surface area contributed by atoms with Crippen molar-refractivity contribution in [3.05, 3.63) is 33.8 Å². The van der Waals surface area contributed by atoms with Gasteiger partial charge in [0.15, 0.2) is 5.78 Å². The number of carbonyl (C=O) groups excluding carboxylic acids is 1. The molecular weight excluding hydrogens is 309 g/mol. The second-order valence-corrected chi connectivity index (χ2v) is 6.41. The van der Waals surface area contributed by atoms with Crippen molar-refractivity contribution in [2.75, 3.05) is 13.2 Å². The predicted octanol–water partition coefficient (Wildman–Crippen LogP) is 3.80. The standard InChI is InChI=1S/C16H21Cl2NO2/c1-11(19-8-2-4-13(19)5-3-9-20)16(21)14-7-6-12(17)10-15(14)18/h6-7,10-11,13,20H,2-5,8-9H2,1H3. The summed E-state index contributed by atoms with van der Waals surface area (Å²) in [7, 11) is 0. The zero-order chi connectivity index (χ0) is 15.4. The Kier molecular flexibility index (Phi) is 6.06. The van der Waals surface area contributed by atoms with Gasteiger partial charge < -0.3 is 5.11 Å². The monoisotopic (exact) mass is 329 g/mol. The van der Waals surface area contributed by atoms with Gasteiger partial charge in [-0.05, 0) is 57.4 Å². The summed E-state index contributed by atoms with van der Waals surface area (Å²) in [5, 5.41) is 9.93. The molecule has 116 valence electrons. The van der Waals surface area contributed by atoms with Gasteiger partial charge in [0.1, 0.15) is 0 Å². The van der Waals surface area contributed by atoms with E-state index in [0.717, 1.165) is 32.2 Å². The molecule has 1 fully saturated rings. The highest BCUT2D eigenvalue weighted by Crippen LogP contribution is 2.28. The third-order valence-electron chi connectivity index (χ3n) is 4.19. The van der Waals surface area contributed by atoms with Gasteiger partial charge in [-0.1, -0.05) is 23.2 Å². The lowest BCUT2D eigenvalue weighted by molar-refractivity contribution is 0.0809. The van der Waals surface area contributed by atoms with Crippen molar-refractivity contribution in [3.63, 3.8) is 0 Å². The molecule has 1 N–H and O–H groups in total. The average Bonchev–Trinajstić information content (AvgIpc) is 2.92. The summed E-state index contributed by atoms with van der Waals surface area (Å²) in [5.74, 6) is 0.0348. The third-order valence-corrected chi connectivity index (χ3v) is 4.74. The normalized spacial score (nSPS) is 20.7. The molecule has 2 atom stereocenters. The van der Waals surface area contributed by atoms with Crippen molar-refractivity contribution in [2.45, 2.75) is 44.7 Å². The first kappa shape index (κ1) is 16.8. The van der Waals surface area contributed by atoms with Crippen LogP contribution in [0.3, 0.4) is 0 Å². The lowest BCUT2D eigenvalue weighted by Gasteiger charge is -2.30. The molecule has 3 nitrogen and oxygen atoms in total. The van der Waals surface area contributed by atoms with Crippen LogP contribution in [0, 0.1) is 0 Å². The van der Waals surface area contributed by atoms with E-state index in [0.29, 0.717) is 21.7 Å². The highest BCUT2D eigenvalue weighted by Gasteiger charge is 2.32. The molecule has 1 aromatic carbocycles. The second-order valence-electron chi connectivity index (χ2n) is 5.56. The molecule has 1 aliphatic rings. The summed E-state index contributed by atoms with van der Waals surface area (Å²) >= 11 is 12.0. The zero-order valence-electron chi connectivity index (χ0n) is 12.2. The van der Waals surface area contributed by atoms with Crippen LogP contribution in [-0.4, -0.2) is 41.0 Å². The summed E-state index contributed by atoms with van der Waals surface area (Å²) in [6, 6.07) is 5.18. The molecule has 21 heavy (non-hydrogen) atoms. The van der Waals surface area contributed by atoms with Crippen LogP contribution in [0.2, 0.25) is 10.0 Å². The number of aliphatic hydroxyl groups excluding tert-OH is 1. The highest BCUT2D eigenvalue weighted by molar-refractivity contribution is 6.37. The molecule has 2 rings (SSSR count). The largest absolute Gasteiger partial charge is 0.396 e. The van der Waals surface area contributed by atoms with Crippen molar-refractivity contribution in [3.8, 4) is 0 Å². The van der Waals surface area contributed by atoms with E-state index in [2.05, 4.69) is 4.90 Å². The molecule has 0 aliphatic carbocycles. The van der Waals surface area contributed by atoms with Crippen LogP contribution < -0.4 is 0 Å². The molecule has 2 unspecified atom stereocenters. The molecule has 1 saturated heterocycles. The zero-order valence-corrected chi connectivity index (χ0v) is 13.7. The van der Waals surface area contributed by atoms with Crippen LogP contribution in [0.1, 0.15) is 43.0 Å². The Bertz CT molecular complexity index is 507. The van der Waals surface area contributed by atoms with Crippen molar-refractivity contribution in [1.82, 2.24) is 4.90 Å². The van der Waals surface area contributed by atoms with Crippen molar-refractivity contribution >= 4 is 29.0 Å². The molecule has 1 aromatic rings. The van der Waals surface area contributed by atoms with Crippen LogP contribution in [0.4, 0.5) is 0 Å². The molecule has 0 spiro atoms. The Morgan fingerprint density at radius 1 is 1.48 bits per heavy atom. The molecule has 1 heterocycles. The van der Waals surface area contributed by atoms with E-state index in [1.165, 1.54) is 0 Å². The first-order chi connectivity index (χ1) is 10.0. The maximum absolute atomic E-state index is 12.7. The van der Waals surface area contributed by atoms with Gasteiger partial charge in [0.2, 0.25) is 0 Å². The van der Waals surface area contributed by atoms with Crippen molar-refractivity contribution in [1.29, 1.82) is 0 Å². The lowest BCUT2D eigenvalue weighted by Crippen LogP contribution is -2.42. The number of halogens is 2. The molecule has 0 saturated carbocycles. The molecular formula is C16H21Cl2NO2. The summed E-state index contributed by atoms with van der Waals surface area (Å²) in [5.41, 5.74) is 0.529. The topological polar surface area (TPSA) is 40.5 Å². The summed E-state index contributed by atoms with van der Waals surface area (Å²) in [4.78, 5) is 14.9. The van der Waals surface area contributed by atoms with Crippen molar-refractivity contribution < 1.29 is 9.90 Å². The van der Waals surface area contributed by atoms with Crippen LogP contribution in [0.5, 0.6) is 0 Å². The van der Waals surface area contributed by atoms with Crippen LogP contribution >= 0.6 is 23.2 Å². The van der Waals surface area contributed by atoms with Crippen LogP contribution in [0.25, 0.3) is 0 Å². The van der Waals surface area contributed by atoms with E-state index < -0.39 is 0 Å². The van der Waals surface area contributed by atoms with E-state index in [9.17, 15) is 4.79 Å². The van der Waals surface area contributed by atoms with E-state index in [1.807, 2.05) is 6.92 Å². The average molecular weight is 330 g/mol. The number of hydrogen-bond donors (Lipinski definition) is 1. The number of carbonyl (C=O) groups is 1. The second kappa shape index (κ2) is 7.59. The Labute approximate surface area is 135 Å². The number of hydrogen-bond acceptors (Lipinski definition) is 3. The lowest BCUT2D eigenvalue weighted by atomic mass is 10.0. The number of Topliss-reactive ketones (excluding diaryl/α,β-unsaturated/α-hetero) is 1. The Morgan fingerprint density at radius 2 is 2.24 bits per heavy atom. The summed E-state index contributed by atoms with van der Waals surface area (Å²) < 4.78 is 0. The Hall–Kier alpha value is -0.610. The fraction of sp³-hybridized carbons (Fsp3) is 0.562. The summed E-state index contributed by atoms with van der Waals surface area (Å²) in [6.07, 6.45) is 3.90. The number of likely N-dealkylation sites (tertiary alicyclic amines) is 1. The molecule has 0 radical (unpaired) electrons. The first-order valence-electron chi connectivity index (χ1n) is 7.40. The predicted molar refractivity (Wildman–Crippen MR) is 86.3 cm³/mol. The Morgan fingerprint density at radius 3 is 2.90 bits per heavy atom. The first-order valence-corrected chi connectivity index (χ1v) is 8.16. The van der Waals surface area contributed by atoms with Gasteiger partial charge in [-0.3, -0.25) is 9.69 Å². The van der Waals surface area contributed by atoms with Crippen molar-refractivity contribution in [2.24, 2.45) is 0 Å². The number of rotatable bonds is 6. The SMILES string of the molecule is CC(C(=O)c1ccc(Cl)cc1Cl)N1CCCC1CCCO. The smallest absolute Gasteiger partial charge is 0.181 e. The van der Waals surface area contributed by atoms with E-state index >= 15 is 0 Å². The van der Waals surface area contributed by atoms with Gasteiger partial charge >= 0.3 is 0 Å². The fourth-order valence-electron chi connectivity index (χ4n) is 3.07. The maximum Gasteiger partial charge on any atom is 0.181 e. The fourth-order valence-corrected chi connectivity index (χ4v) is 3.57. The Balaban J connectivity index is 2.11. The number of nitrogens with zero attached hydrogens (tertiary/aromatic N) is 1. The number of aliphatic hydroxyl groups is 1. The van der Waals surface area contributed by atoms with Gasteiger partial charge in [-0.15, -0.1) is 0 Å². The molecule has 0 amide bonds. The van der Waals surface area contributed by atoms with E-state index in [-0.39, 0.29) is 18.4 Å². The summed E-state index contributed by atoms with van der Waals surface area (Å²) in [6.45, 7) is 3.06. The van der Waals surface area contributed by atoms with E-state index in [1.54, 1.807) is 18.2 Å². The van der Waals surface area contributed by atoms with Gasteiger partial charge in [-0.2, -0.15) is 0 Å². The minimum absolute atomic E-state index is 0.0348. The molecule has 0 bridgehead atoms. The minimum atomic E-state index is -0.199. The van der Waals surface area contributed by atoms with Crippen LogP contribution in [-0.2, 0) is 0 Å². The van der Waals surface area contributed by atoms with Gasteiger partial charge in [0.25, 0.3) is 0 Å². The third kappa shape index (κ3) is 3.98. The molecule has 5 heteroatoms. The van der Waals surface area contributed by atoms with Crippen LogP contribution in [0.15, 0.2) is 18.2 Å².